The van der Waals surface area contributed by atoms with E-state index in [2.05, 4.69) is 19.1 Å². The Hall–Kier alpha value is -1.50. The van der Waals surface area contributed by atoms with Crippen LogP contribution in [-0.2, 0) is 0 Å². The molecule has 0 radical (unpaired) electrons. The minimum absolute atomic E-state index is 0.101. The summed E-state index contributed by atoms with van der Waals surface area (Å²) in [5.41, 5.74) is 1.25. The van der Waals surface area contributed by atoms with Crippen LogP contribution in [0.15, 0.2) is 48.6 Å². The van der Waals surface area contributed by atoms with Crippen molar-refractivity contribution in [3.63, 3.8) is 0 Å². The highest BCUT2D eigenvalue weighted by molar-refractivity contribution is 5.26. The van der Waals surface area contributed by atoms with E-state index in [0.29, 0.717) is 0 Å². The van der Waals surface area contributed by atoms with Gasteiger partial charge in [0.1, 0.15) is 11.9 Å². The number of aryl methyl sites for hydroxylation is 1. The topological polar surface area (TPSA) is 9.23 Å². The van der Waals surface area contributed by atoms with Gasteiger partial charge in [0.2, 0.25) is 0 Å². The average molecular weight is 202 g/mol. The van der Waals surface area contributed by atoms with Gasteiger partial charge in [-0.15, -0.1) is 0 Å². The molecule has 15 heavy (non-hydrogen) atoms. The Bertz CT molecular complexity index is 333. The third-order valence-electron chi connectivity index (χ3n) is 2.03. The number of ether oxygens (including phenoxy) is 1. The molecule has 0 bridgehead atoms. The summed E-state index contributed by atoms with van der Waals surface area (Å²) in [6.07, 6.45) is 8.12. The monoisotopic (exact) mass is 202 g/mol. The van der Waals surface area contributed by atoms with Gasteiger partial charge in [-0.1, -0.05) is 35.9 Å². The number of benzene rings is 1. The molecule has 0 saturated heterocycles. The van der Waals surface area contributed by atoms with Crippen molar-refractivity contribution in [3.8, 4) is 5.75 Å². The van der Waals surface area contributed by atoms with Crippen LogP contribution in [0.25, 0.3) is 0 Å². The van der Waals surface area contributed by atoms with Crippen molar-refractivity contribution < 1.29 is 4.74 Å². The lowest BCUT2D eigenvalue weighted by Gasteiger charge is -2.10. The lowest BCUT2D eigenvalue weighted by atomic mass is 10.2. The second-order valence-electron chi connectivity index (χ2n) is 3.55. The predicted molar refractivity (Wildman–Crippen MR) is 65.2 cm³/mol. The van der Waals surface area contributed by atoms with Crippen LogP contribution in [0.1, 0.15) is 19.4 Å². The molecule has 80 valence electrons. The Morgan fingerprint density at radius 1 is 1.13 bits per heavy atom. The van der Waals surface area contributed by atoms with E-state index >= 15 is 0 Å². The van der Waals surface area contributed by atoms with E-state index in [4.69, 9.17) is 4.74 Å². The Balaban J connectivity index is 2.51. The molecule has 0 spiro atoms. The van der Waals surface area contributed by atoms with Crippen LogP contribution in [0.2, 0.25) is 0 Å². The minimum atomic E-state index is 0.101. The van der Waals surface area contributed by atoms with E-state index in [-0.39, 0.29) is 6.10 Å². The molecule has 1 aromatic carbocycles. The summed E-state index contributed by atoms with van der Waals surface area (Å²) < 4.78 is 5.70. The fraction of sp³-hybridized carbons (Fsp3) is 0.286. The van der Waals surface area contributed by atoms with Crippen molar-refractivity contribution in [1.82, 2.24) is 0 Å². The van der Waals surface area contributed by atoms with Gasteiger partial charge >= 0.3 is 0 Å². The van der Waals surface area contributed by atoms with Gasteiger partial charge in [0, 0.05) is 0 Å². The van der Waals surface area contributed by atoms with E-state index < -0.39 is 0 Å². The van der Waals surface area contributed by atoms with Crippen molar-refractivity contribution in [3.05, 3.63) is 54.1 Å². The highest BCUT2D eigenvalue weighted by atomic mass is 16.5. The summed E-state index contributed by atoms with van der Waals surface area (Å²) in [6.45, 7) is 6.09. The van der Waals surface area contributed by atoms with Crippen molar-refractivity contribution in [1.29, 1.82) is 0 Å². The molecule has 0 aliphatic rings. The van der Waals surface area contributed by atoms with Gasteiger partial charge in [-0.2, -0.15) is 0 Å². The zero-order valence-corrected chi connectivity index (χ0v) is 9.60. The fourth-order valence-electron chi connectivity index (χ4n) is 1.20. The third-order valence-corrected chi connectivity index (χ3v) is 2.03. The molecule has 0 saturated carbocycles. The zero-order valence-electron chi connectivity index (χ0n) is 9.60. The van der Waals surface area contributed by atoms with E-state index in [1.165, 1.54) is 5.56 Å². The molecule has 1 aromatic rings. The van der Waals surface area contributed by atoms with Gasteiger partial charge < -0.3 is 4.74 Å². The number of allylic oxidation sites excluding steroid dienone is 3. The van der Waals surface area contributed by atoms with E-state index in [9.17, 15) is 0 Å². The molecular formula is C14H18O. The summed E-state index contributed by atoms with van der Waals surface area (Å²) in [6, 6.07) is 8.10. The molecule has 0 heterocycles. The third kappa shape index (κ3) is 4.50. The van der Waals surface area contributed by atoms with Crippen LogP contribution in [0.5, 0.6) is 5.75 Å². The van der Waals surface area contributed by atoms with Crippen molar-refractivity contribution in [2.24, 2.45) is 0 Å². The normalized spacial score (nSPS) is 13.5. The lowest BCUT2D eigenvalue weighted by Crippen LogP contribution is -2.07. The maximum absolute atomic E-state index is 5.70. The Kier molecular flexibility index (Phi) is 4.69. The first-order chi connectivity index (χ1) is 7.22. The molecule has 1 atom stereocenters. The van der Waals surface area contributed by atoms with Crippen molar-refractivity contribution in [2.45, 2.75) is 26.9 Å². The SMILES string of the molecule is C/C=C\C=C/C(C)Oc1ccc(C)cc1. The summed E-state index contributed by atoms with van der Waals surface area (Å²) >= 11 is 0. The van der Waals surface area contributed by atoms with Gasteiger partial charge in [-0.05, 0) is 39.0 Å². The minimum Gasteiger partial charge on any atom is -0.487 e. The Morgan fingerprint density at radius 2 is 1.80 bits per heavy atom. The van der Waals surface area contributed by atoms with Crippen LogP contribution in [0, 0.1) is 6.92 Å². The standard InChI is InChI=1S/C14H18O/c1-4-5-6-7-13(3)15-14-10-8-12(2)9-11-14/h4-11,13H,1-3H3/b5-4-,7-6-. The first-order valence-electron chi connectivity index (χ1n) is 5.25. The number of hydrogen-bond donors (Lipinski definition) is 0. The first kappa shape index (κ1) is 11.6. The van der Waals surface area contributed by atoms with Gasteiger partial charge in [0.25, 0.3) is 0 Å². The molecule has 0 aromatic heterocycles. The molecule has 0 aliphatic heterocycles. The van der Waals surface area contributed by atoms with Crippen LogP contribution in [-0.4, -0.2) is 6.10 Å². The molecule has 1 unspecified atom stereocenters. The van der Waals surface area contributed by atoms with E-state index in [1.54, 1.807) is 0 Å². The average Bonchev–Trinajstić information content (AvgIpc) is 2.22. The van der Waals surface area contributed by atoms with Crippen LogP contribution >= 0.6 is 0 Å². The summed E-state index contributed by atoms with van der Waals surface area (Å²) in [4.78, 5) is 0. The van der Waals surface area contributed by atoms with Crippen LogP contribution in [0.4, 0.5) is 0 Å². The molecule has 0 N–H and O–H groups in total. The zero-order chi connectivity index (χ0) is 11.1. The molecule has 0 fully saturated rings. The van der Waals surface area contributed by atoms with Gasteiger partial charge in [0.15, 0.2) is 0 Å². The first-order valence-corrected chi connectivity index (χ1v) is 5.25. The van der Waals surface area contributed by atoms with E-state index in [0.717, 1.165) is 5.75 Å². The van der Waals surface area contributed by atoms with Gasteiger partial charge in [-0.25, -0.2) is 0 Å². The van der Waals surface area contributed by atoms with Gasteiger partial charge in [-0.3, -0.25) is 0 Å². The van der Waals surface area contributed by atoms with E-state index in [1.807, 2.05) is 50.3 Å². The molecule has 0 amide bonds. The Morgan fingerprint density at radius 3 is 2.40 bits per heavy atom. The smallest absolute Gasteiger partial charge is 0.120 e. The number of hydrogen-bond acceptors (Lipinski definition) is 1. The molecule has 1 heteroatoms. The van der Waals surface area contributed by atoms with Gasteiger partial charge in [0.05, 0.1) is 0 Å². The summed E-state index contributed by atoms with van der Waals surface area (Å²) in [5, 5.41) is 0. The number of rotatable bonds is 4. The summed E-state index contributed by atoms with van der Waals surface area (Å²) in [7, 11) is 0. The maximum atomic E-state index is 5.70. The molecular weight excluding hydrogens is 184 g/mol. The maximum Gasteiger partial charge on any atom is 0.120 e. The van der Waals surface area contributed by atoms with Crippen LogP contribution < -0.4 is 4.74 Å². The Labute approximate surface area is 92.1 Å². The largest absolute Gasteiger partial charge is 0.487 e. The van der Waals surface area contributed by atoms with Crippen molar-refractivity contribution >= 4 is 0 Å². The summed E-state index contributed by atoms with van der Waals surface area (Å²) in [5.74, 6) is 0.915. The second kappa shape index (κ2) is 6.07. The highest BCUT2D eigenvalue weighted by Crippen LogP contribution is 2.13. The molecule has 0 aliphatic carbocycles. The molecule has 1 nitrogen and oxygen atoms in total. The van der Waals surface area contributed by atoms with Crippen molar-refractivity contribution in [2.75, 3.05) is 0 Å². The molecule has 1 rings (SSSR count). The fourth-order valence-corrected chi connectivity index (χ4v) is 1.20. The predicted octanol–water partition coefficient (Wildman–Crippen LogP) is 3.89. The lowest BCUT2D eigenvalue weighted by molar-refractivity contribution is 0.270. The quantitative estimate of drug-likeness (QED) is 0.673. The highest BCUT2D eigenvalue weighted by Gasteiger charge is 1.97. The second-order valence-corrected chi connectivity index (χ2v) is 3.55. The van der Waals surface area contributed by atoms with Crippen LogP contribution in [0.3, 0.4) is 0 Å².